The van der Waals surface area contributed by atoms with Crippen molar-refractivity contribution >= 4 is 22.3 Å². The molecule has 18 heavy (non-hydrogen) atoms. The Morgan fingerprint density at radius 2 is 2.50 bits per heavy atom. The minimum absolute atomic E-state index is 0.0922. The molecule has 0 spiro atoms. The second kappa shape index (κ2) is 6.29. The van der Waals surface area contributed by atoms with Gasteiger partial charge in [0.25, 0.3) is 0 Å². The summed E-state index contributed by atoms with van der Waals surface area (Å²) in [6.07, 6.45) is 5.30. The molecular formula is C13H20N2O2S. The number of ketones is 1. The highest BCUT2D eigenvalue weighted by Crippen LogP contribution is 2.26. The van der Waals surface area contributed by atoms with Crippen LogP contribution in [0.3, 0.4) is 0 Å². The number of carbonyl (C=O) groups is 1. The average molecular weight is 268 g/mol. The summed E-state index contributed by atoms with van der Waals surface area (Å²) in [6.45, 7) is 6.44. The molecule has 0 saturated carbocycles. The van der Waals surface area contributed by atoms with E-state index < -0.39 is 0 Å². The standard InChI is InChI=1S/C13H20N2O2S/c1-3-7-17-11-5-4-6-15(9-11)13-14-8-12(18-13)10(2)16/h8,11H,3-7,9H2,1-2H3. The van der Waals surface area contributed by atoms with Crippen LogP contribution in [0.1, 0.15) is 42.8 Å². The second-order valence-corrected chi connectivity index (χ2v) is 5.65. The fraction of sp³-hybridized carbons (Fsp3) is 0.692. The van der Waals surface area contributed by atoms with E-state index >= 15 is 0 Å². The lowest BCUT2D eigenvalue weighted by atomic mass is 10.1. The number of piperidine rings is 1. The molecule has 1 unspecified atom stereocenters. The number of nitrogens with zero attached hydrogens (tertiary/aromatic N) is 2. The van der Waals surface area contributed by atoms with Crippen molar-refractivity contribution in [1.82, 2.24) is 4.98 Å². The van der Waals surface area contributed by atoms with Gasteiger partial charge in [-0.2, -0.15) is 0 Å². The predicted octanol–water partition coefficient (Wildman–Crippen LogP) is 2.74. The summed E-state index contributed by atoms with van der Waals surface area (Å²) in [6, 6.07) is 0. The summed E-state index contributed by atoms with van der Waals surface area (Å²) in [5.41, 5.74) is 0. The van der Waals surface area contributed by atoms with Crippen LogP contribution in [0.25, 0.3) is 0 Å². The van der Waals surface area contributed by atoms with Crippen molar-refractivity contribution in [3.63, 3.8) is 0 Å². The molecule has 1 aliphatic heterocycles. The third-order valence-corrected chi connectivity index (χ3v) is 4.21. The van der Waals surface area contributed by atoms with Crippen LogP contribution in [0.5, 0.6) is 0 Å². The highest BCUT2D eigenvalue weighted by molar-refractivity contribution is 7.17. The first-order valence-electron chi connectivity index (χ1n) is 6.54. The lowest BCUT2D eigenvalue weighted by Gasteiger charge is -2.32. The topological polar surface area (TPSA) is 42.4 Å². The quantitative estimate of drug-likeness (QED) is 0.770. The van der Waals surface area contributed by atoms with Gasteiger partial charge in [0.15, 0.2) is 10.9 Å². The molecule has 5 heteroatoms. The zero-order valence-corrected chi connectivity index (χ0v) is 11.8. The average Bonchev–Trinajstić information content (AvgIpc) is 2.86. The van der Waals surface area contributed by atoms with Crippen LogP contribution in [0.2, 0.25) is 0 Å². The van der Waals surface area contributed by atoms with Crippen molar-refractivity contribution in [3.8, 4) is 0 Å². The van der Waals surface area contributed by atoms with Gasteiger partial charge in [-0.05, 0) is 19.3 Å². The lowest BCUT2D eigenvalue weighted by Crippen LogP contribution is -2.39. The molecular weight excluding hydrogens is 248 g/mol. The number of hydrogen-bond donors (Lipinski definition) is 0. The van der Waals surface area contributed by atoms with Gasteiger partial charge in [0.05, 0.1) is 17.2 Å². The Balaban J connectivity index is 1.96. The molecule has 4 nitrogen and oxygen atoms in total. The summed E-state index contributed by atoms with van der Waals surface area (Å²) in [4.78, 5) is 18.6. The van der Waals surface area contributed by atoms with E-state index in [0.717, 1.165) is 49.0 Å². The second-order valence-electron chi connectivity index (χ2n) is 4.64. The Morgan fingerprint density at radius 1 is 1.67 bits per heavy atom. The first kappa shape index (κ1) is 13.5. The van der Waals surface area contributed by atoms with E-state index in [0.29, 0.717) is 6.10 Å². The third-order valence-electron chi connectivity index (χ3n) is 3.05. The molecule has 0 aliphatic carbocycles. The van der Waals surface area contributed by atoms with Gasteiger partial charge in [-0.1, -0.05) is 18.3 Å². The van der Waals surface area contributed by atoms with Crippen LogP contribution in [-0.4, -0.2) is 36.6 Å². The van der Waals surface area contributed by atoms with Crippen molar-refractivity contribution in [1.29, 1.82) is 0 Å². The van der Waals surface area contributed by atoms with Gasteiger partial charge in [-0.3, -0.25) is 4.79 Å². The molecule has 100 valence electrons. The van der Waals surface area contributed by atoms with E-state index in [1.54, 1.807) is 13.1 Å². The molecule has 1 aromatic rings. The van der Waals surface area contributed by atoms with E-state index in [9.17, 15) is 4.79 Å². The number of rotatable bonds is 5. The van der Waals surface area contributed by atoms with E-state index in [1.165, 1.54) is 11.3 Å². The maximum Gasteiger partial charge on any atom is 0.186 e. The molecule has 2 rings (SSSR count). The summed E-state index contributed by atoms with van der Waals surface area (Å²) in [7, 11) is 0. The number of aromatic nitrogens is 1. The maximum atomic E-state index is 11.3. The molecule has 0 aromatic carbocycles. The summed E-state index contributed by atoms with van der Waals surface area (Å²) in [5, 5.41) is 0.949. The third kappa shape index (κ3) is 3.29. The number of hydrogen-bond acceptors (Lipinski definition) is 5. The highest BCUT2D eigenvalue weighted by Gasteiger charge is 2.22. The van der Waals surface area contributed by atoms with Gasteiger partial charge in [0.1, 0.15) is 0 Å². The van der Waals surface area contributed by atoms with Crippen molar-refractivity contribution in [2.45, 2.75) is 39.2 Å². The van der Waals surface area contributed by atoms with E-state index in [-0.39, 0.29) is 5.78 Å². The van der Waals surface area contributed by atoms with Gasteiger partial charge in [0.2, 0.25) is 0 Å². The number of thiazole rings is 1. The Kier molecular flexibility index (Phi) is 4.72. The fourth-order valence-corrected chi connectivity index (χ4v) is 2.95. The first-order valence-corrected chi connectivity index (χ1v) is 7.35. The SMILES string of the molecule is CCCOC1CCCN(c2ncc(C(C)=O)s2)C1. The van der Waals surface area contributed by atoms with Crippen LogP contribution < -0.4 is 4.90 Å². The Bertz CT molecular complexity index is 405. The number of ether oxygens (including phenoxy) is 1. The molecule has 2 heterocycles. The monoisotopic (exact) mass is 268 g/mol. The normalized spacial score (nSPS) is 20.1. The lowest BCUT2D eigenvalue weighted by molar-refractivity contribution is 0.0440. The Hall–Kier alpha value is -0.940. The molecule has 1 aliphatic rings. The van der Waals surface area contributed by atoms with Crippen LogP contribution in [0, 0.1) is 0 Å². The van der Waals surface area contributed by atoms with Gasteiger partial charge in [-0.25, -0.2) is 4.98 Å². The largest absolute Gasteiger partial charge is 0.376 e. The fourth-order valence-electron chi connectivity index (χ4n) is 2.11. The molecule has 0 radical (unpaired) electrons. The summed E-state index contributed by atoms with van der Waals surface area (Å²) in [5.74, 6) is 0.0922. The minimum atomic E-state index is 0.0922. The zero-order chi connectivity index (χ0) is 13.0. The highest BCUT2D eigenvalue weighted by atomic mass is 32.1. The molecule has 1 atom stereocenters. The predicted molar refractivity (Wildman–Crippen MR) is 73.6 cm³/mol. The summed E-state index contributed by atoms with van der Waals surface area (Å²) < 4.78 is 5.81. The Labute approximate surface area is 112 Å². The van der Waals surface area contributed by atoms with Crippen molar-refractivity contribution in [3.05, 3.63) is 11.1 Å². The van der Waals surface area contributed by atoms with Crippen LogP contribution in [0.15, 0.2) is 6.20 Å². The van der Waals surface area contributed by atoms with E-state index in [4.69, 9.17) is 4.74 Å². The summed E-state index contributed by atoms with van der Waals surface area (Å²) >= 11 is 1.48. The molecule has 1 aromatic heterocycles. The van der Waals surface area contributed by atoms with Gasteiger partial charge >= 0.3 is 0 Å². The van der Waals surface area contributed by atoms with Crippen molar-refractivity contribution in [2.75, 3.05) is 24.6 Å². The molecule has 0 N–H and O–H groups in total. The number of Topliss-reactive ketones (excluding diaryl/α,β-unsaturated/α-hetero) is 1. The smallest absolute Gasteiger partial charge is 0.186 e. The van der Waals surface area contributed by atoms with Gasteiger partial charge in [-0.15, -0.1) is 0 Å². The van der Waals surface area contributed by atoms with E-state index in [1.807, 2.05) is 0 Å². The maximum absolute atomic E-state index is 11.3. The van der Waals surface area contributed by atoms with Crippen molar-refractivity contribution in [2.24, 2.45) is 0 Å². The molecule has 1 fully saturated rings. The molecule has 1 saturated heterocycles. The van der Waals surface area contributed by atoms with E-state index in [2.05, 4.69) is 16.8 Å². The van der Waals surface area contributed by atoms with Crippen LogP contribution in [0.4, 0.5) is 5.13 Å². The molecule has 0 bridgehead atoms. The number of carbonyl (C=O) groups excluding carboxylic acids is 1. The van der Waals surface area contributed by atoms with Gasteiger partial charge < -0.3 is 9.64 Å². The van der Waals surface area contributed by atoms with Gasteiger partial charge in [0, 0.05) is 26.6 Å². The van der Waals surface area contributed by atoms with Crippen LogP contribution >= 0.6 is 11.3 Å². The zero-order valence-electron chi connectivity index (χ0n) is 11.0. The minimum Gasteiger partial charge on any atom is -0.376 e. The molecule has 0 amide bonds. The first-order chi connectivity index (χ1) is 8.70. The van der Waals surface area contributed by atoms with Crippen molar-refractivity contribution < 1.29 is 9.53 Å². The Morgan fingerprint density at radius 3 is 3.17 bits per heavy atom. The number of anilines is 1. The van der Waals surface area contributed by atoms with Crippen LogP contribution in [-0.2, 0) is 4.74 Å².